The topological polar surface area (TPSA) is 75.2 Å². The van der Waals surface area contributed by atoms with Crippen LogP contribution < -0.4 is 5.32 Å². The van der Waals surface area contributed by atoms with Gasteiger partial charge in [-0.05, 0) is 25.7 Å². The van der Waals surface area contributed by atoms with Crippen LogP contribution in [-0.2, 0) is 4.79 Å². The number of piperidine rings is 1. The van der Waals surface area contributed by atoms with Crippen molar-refractivity contribution in [3.63, 3.8) is 0 Å². The number of nitrogens with zero attached hydrogens (tertiary/aromatic N) is 3. The van der Waals surface area contributed by atoms with Gasteiger partial charge in [-0.1, -0.05) is 13.8 Å². The molecule has 2 amide bonds. The number of amides is 2. The molecule has 6 nitrogen and oxygen atoms in total. The van der Waals surface area contributed by atoms with Crippen LogP contribution in [0.3, 0.4) is 0 Å². The molecule has 0 aromatic carbocycles. The maximum atomic E-state index is 12.3. The van der Waals surface area contributed by atoms with Gasteiger partial charge in [0, 0.05) is 37.4 Å². The number of hydrogen-bond donors (Lipinski definition) is 1. The van der Waals surface area contributed by atoms with E-state index in [1.165, 1.54) is 12.4 Å². The second kappa shape index (κ2) is 7.87. The average molecular weight is 304 g/mol. The summed E-state index contributed by atoms with van der Waals surface area (Å²) < 4.78 is 0. The molecule has 1 aliphatic heterocycles. The standard InChI is InChI=1S/C16H24N4O2/c1-3-12(4-2)16(22)20-9-5-13(6-10-20)19-15(21)14-11-17-7-8-18-14/h7-8,11-13H,3-6,9-10H2,1-2H3,(H,19,21). The van der Waals surface area contributed by atoms with Crippen LogP contribution in [0.25, 0.3) is 0 Å². The molecule has 1 fully saturated rings. The van der Waals surface area contributed by atoms with Gasteiger partial charge in [-0.25, -0.2) is 4.98 Å². The Kier molecular flexibility index (Phi) is 5.86. The van der Waals surface area contributed by atoms with Crippen molar-refractivity contribution in [2.75, 3.05) is 13.1 Å². The summed E-state index contributed by atoms with van der Waals surface area (Å²) in [5, 5.41) is 2.97. The number of hydrogen-bond acceptors (Lipinski definition) is 4. The second-order valence-corrected chi connectivity index (χ2v) is 5.68. The van der Waals surface area contributed by atoms with Crippen LogP contribution in [0, 0.1) is 5.92 Å². The number of nitrogens with one attached hydrogen (secondary N) is 1. The highest BCUT2D eigenvalue weighted by atomic mass is 16.2. The number of aromatic nitrogens is 2. The highest BCUT2D eigenvalue weighted by molar-refractivity contribution is 5.92. The fourth-order valence-corrected chi connectivity index (χ4v) is 2.82. The zero-order valence-corrected chi connectivity index (χ0v) is 13.3. The summed E-state index contributed by atoms with van der Waals surface area (Å²) in [6, 6.07) is 0.0975. The van der Waals surface area contributed by atoms with E-state index in [1.54, 1.807) is 6.20 Å². The first-order valence-electron chi connectivity index (χ1n) is 8.01. The van der Waals surface area contributed by atoms with Gasteiger partial charge in [0.05, 0.1) is 6.20 Å². The summed E-state index contributed by atoms with van der Waals surface area (Å²) in [5.41, 5.74) is 0.332. The highest BCUT2D eigenvalue weighted by Crippen LogP contribution is 2.17. The van der Waals surface area contributed by atoms with Crippen LogP contribution in [0.15, 0.2) is 18.6 Å². The summed E-state index contributed by atoms with van der Waals surface area (Å²) in [5.74, 6) is 0.187. The van der Waals surface area contributed by atoms with E-state index in [-0.39, 0.29) is 23.8 Å². The van der Waals surface area contributed by atoms with E-state index in [1.807, 2.05) is 4.90 Å². The van der Waals surface area contributed by atoms with Crippen LogP contribution in [0.5, 0.6) is 0 Å². The van der Waals surface area contributed by atoms with E-state index in [9.17, 15) is 9.59 Å². The van der Waals surface area contributed by atoms with Gasteiger partial charge in [-0.15, -0.1) is 0 Å². The maximum absolute atomic E-state index is 12.3. The van der Waals surface area contributed by atoms with Crippen molar-refractivity contribution in [2.45, 2.75) is 45.6 Å². The van der Waals surface area contributed by atoms with Gasteiger partial charge in [0.25, 0.3) is 5.91 Å². The zero-order chi connectivity index (χ0) is 15.9. The van der Waals surface area contributed by atoms with E-state index in [2.05, 4.69) is 29.1 Å². The Balaban J connectivity index is 1.82. The molecule has 2 rings (SSSR count). The van der Waals surface area contributed by atoms with Crippen LogP contribution in [0.4, 0.5) is 0 Å². The minimum absolute atomic E-state index is 0.0975. The quantitative estimate of drug-likeness (QED) is 0.897. The van der Waals surface area contributed by atoms with Gasteiger partial charge in [0.15, 0.2) is 0 Å². The van der Waals surface area contributed by atoms with Crippen molar-refractivity contribution in [3.8, 4) is 0 Å². The highest BCUT2D eigenvalue weighted by Gasteiger charge is 2.27. The fourth-order valence-electron chi connectivity index (χ4n) is 2.82. The minimum atomic E-state index is -0.196. The third kappa shape index (κ3) is 4.02. The lowest BCUT2D eigenvalue weighted by Crippen LogP contribution is -2.48. The van der Waals surface area contributed by atoms with Crippen molar-refractivity contribution in [1.82, 2.24) is 20.2 Å². The lowest BCUT2D eigenvalue weighted by molar-refractivity contribution is -0.136. The molecular weight excluding hydrogens is 280 g/mol. The van der Waals surface area contributed by atoms with E-state index in [0.717, 1.165) is 25.7 Å². The first-order chi connectivity index (χ1) is 10.7. The summed E-state index contributed by atoms with van der Waals surface area (Å²) in [7, 11) is 0. The first-order valence-corrected chi connectivity index (χ1v) is 8.01. The average Bonchev–Trinajstić information content (AvgIpc) is 2.57. The molecule has 0 bridgehead atoms. The third-order valence-electron chi connectivity index (χ3n) is 4.27. The van der Waals surface area contributed by atoms with Crippen molar-refractivity contribution < 1.29 is 9.59 Å². The molecule has 1 aromatic rings. The normalized spacial score (nSPS) is 15.9. The van der Waals surface area contributed by atoms with Gasteiger partial charge >= 0.3 is 0 Å². The lowest BCUT2D eigenvalue weighted by atomic mass is 9.98. The lowest BCUT2D eigenvalue weighted by Gasteiger charge is -2.34. The molecule has 6 heteroatoms. The van der Waals surface area contributed by atoms with Crippen molar-refractivity contribution in [3.05, 3.63) is 24.3 Å². The number of rotatable bonds is 5. The van der Waals surface area contributed by atoms with Gasteiger partial charge in [-0.2, -0.15) is 0 Å². The van der Waals surface area contributed by atoms with E-state index >= 15 is 0 Å². The molecule has 0 atom stereocenters. The van der Waals surface area contributed by atoms with Crippen molar-refractivity contribution >= 4 is 11.8 Å². The van der Waals surface area contributed by atoms with Crippen LogP contribution in [0.2, 0.25) is 0 Å². The SMILES string of the molecule is CCC(CC)C(=O)N1CCC(NC(=O)c2cnccn2)CC1. The molecule has 1 aromatic heterocycles. The summed E-state index contributed by atoms with van der Waals surface area (Å²) in [4.78, 5) is 34.2. The van der Waals surface area contributed by atoms with Crippen molar-refractivity contribution in [2.24, 2.45) is 5.92 Å². The Morgan fingerprint density at radius 2 is 1.95 bits per heavy atom. The predicted molar refractivity (Wildman–Crippen MR) is 83.2 cm³/mol. The third-order valence-corrected chi connectivity index (χ3v) is 4.27. The van der Waals surface area contributed by atoms with Crippen molar-refractivity contribution in [1.29, 1.82) is 0 Å². The molecule has 0 unspecified atom stereocenters. The van der Waals surface area contributed by atoms with E-state index in [0.29, 0.717) is 18.8 Å². The molecule has 1 saturated heterocycles. The largest absolute Gasteiger partial charge is 0.348 e. The molecule has 22 heavy (non-hydrogen) atoms. The molecule has 0 spiro atoms. The Hall–Kier alpha value is -1.98. The molecule has 0 aliphatic carbocycles. The number of likely N-dealkylation sites (tertiary alicyclic amines) is 1. The summed E-state index contributed by atoms with van der Waals surface area (Å²) in [6.45, 7) is 5.53. The molecule has 120 valence electrons. The number of carbonyl (C=O) groups excluding carboxylic acids is 2. The summed E-state index contributed by atoms with van der Waals surface area (Å²) in [6.07, 6.45) is 7.86. The second-order valence-electron chi connectivity index (χ2n) is 5.68. The maximum Gasteiger partial charge on any atom is 0.271 e. The molecule has 0 saturated carbocycles. The van der Waals surface area contributed by atoms with Gasteiger partial charge in [-0.3, -0.25) is 14.6 Å². The fraction of sp³-hybridized carbons (Fsp3) is 0.625. The Morgan fingerprint density at radius 1 is 1.27 bits per heavy atom. The Morgan fingerprint density at radius 3 is 2.50 bits per heavy atom. The smallest absolute Gasteiger partial charge is 0.271 e. The molecular formula is C16H24N4O2. The van der Waals surface area contributed by atoms with Crippen LogP contribution in [0.1, 0.15) is 50.0 Å². The molecule has 1 aliphatic rings. The zero-order valence-electron chi connectivity index (χ0n) is 13.3. The van der Waals surface area contributed by atoms with Gasteiger partial charge in [0.1, 0.15) is 5.69 Å². The Labute approximate surface area is 131 Å². The molecule has 1 N–H and O–H groups in total. The van der Waals surface area contributed by atoms with Gasteiger partial charge < -0.3 is 10.2 Å². The molecule has 2 heterocycles. The minimum Gasteiger partial charge on any atom is -0.348 e. The predicted octanol–water partition coefficient (Wildman–Crippen LogP) is 1.63. The Bertz CT molecular complexity index is 494. The van der Waals surface area contributed by atoms with E-state index < -0.39 is 0 Å². The number of carbonyl (C=O) groups is 2. The van der Waals surface area contributed by atoms with E-state index in [4.69, 9.17) is 0 Å². The first kappa shape index (κ1) is 16.4. The summed E-state index contributed by atoms with van der Waals surface area (Å²) >= 11 is 0. The molecule has 0 radical (unpaired) electrons. The van der Waals surface area contributed by atoms with Crippen LogP contribution >= 0.6 is 0 Å². The van der Waals surface area contributed by atoms with Crippen LogP contribution in [-0.4, -0.2) is 45.8 Å². The van der Waals surface area contributed by atoms with Gasteiger partial charge in [0.2, 0.25) is 5.91 Å². The monoisotopic (exact) mass is 304 g/mol.